The van der Waals surface area contributed by atoms with Gasteiger partial charge in [0.2, 0.25) is 0 Å². The molecule has 1 rings (SSSR count). The van der Waals surface area contributed by atoms with Gasteiger partial charge in [0.05, 0.1) is 11.3 Å². The second-order valence-corrected chi connectivity index (χ2v) is 7.06. The quantitative estimate of drug-likeness (QED) is 0.825. The molecule has 0 spiro atoms. The molecule has 0 saturated carbocycles. The first-order valence-electron chi connectivity index (χ1n) is 6.88. The van der Waals surface area contributed by atoms with Crippen molar-refractivity contribution < 1.29 is 4.79 Å². The van der Waals surface area contributed by atoms with E-state index >= 15 is 0 Å². The van der Waals surface area contributed by atoms with Crippen molar-refractivity contribution in [3.05, 3.63) is 35.9 Å². The van der Waals surface area contributed by atoms with Gasteiger partial charge in [-0.05, 0) is 17.9 Å². The first-order chi connectivity index (χ1) is 8.97. The Morgan fingerprint density at radius 1 is 1.11 bits per heavy atom. The van der Waals surface area contributed by atoms with Gasteiger partial charge in [0.15, 0.2) is 5.78 Å². The Balaban J connectivity index is 3.04. The van der Waals surface area contributed by atoms with E-state index in [4.69, 9.17) is 0 Å². The minimum atomic E-state index is -0.130. The third-order valence-corrected chi connectivity index (χ3v) is 4.42. The molecule has 2 nitrogen and oxygen atoms in total. The molecule has 0 radical (unpaired) electrons. The van der Waals surface area contributed by atoms with Crippen molar-refractivity contribution in [1.29, 1.82) is 0 Å². The summed E-state index contributed by atoms with van der Waals surface area (Å²) in [6, 6.07) is 10.2. The molecule has 19 heavy (non-hydrogen) atoms. The molecule has 0 aliphatic rings. The molecule has 0 bridgehead atoms. The molecule has 0 aliphatic carbocycles. The normalized spacial score (nSPS) is 14.7. The van der Waals surface area contributed by atoms with E-state index < -0.39 is 0 Å². The van der Waals surface area contributed by atoms with E-state index in [1.807, 2.05) is 50.9 Å². The predicted molar refractivity (Wildman–Crippen MR) is 84.6 cm³/mol. The van der Waals surface area contributed by atoms with Crippen molar-refractivity contribution in [2.24, 2.45) is 5.92 Å². The lowest BCUT2D eigenvalue weighted by atomic mass is 9.95. The second-order valence-electron chi connectivity index (χ2n) is 5.34. The maximum Gasteiger partial charge on any atom is 0.153 e. The van der Waals surface area contributed by atoms with Crippen molar-refractivity contribution in [1.82, 2.24) is 5.32 Å². The topological polar surface area (TPSA) is 29.1 Å². The number of carbonyl (C=O) groups excluding carboxylic acids is 1. The number of benzene rings is 1. The number of thioether (sulfide) groups is 1. The van der Waals surface area contributed by atoms with Crippen LogP contribution in [-0.4, -0.2) is 24.1 Å². The van der Waals surface area contributed by atoms with Crippen LogP contribution in [0.1, 0.15) is 38.5 Å². The predicted octanol–water partition coefficient (Wildman–Crippen LogP) is 3.68. The summed E-state index contributed by atoms with van der Waals surface area (Å²) < 4.78 is 0. The van der Waals surface area contributed by atoms with Gasteiger partial charge in [-0.3, -0.25) is 4.79 Å². The number of nitrogens with one attached hydrogen (secondary N) is 1. The van der Waals surface area contributed by atoms with Gasteiger partial charge in [-0.2, -0.15) is 0 Å². The van der Waals surface area contributed by atoms with Gasteiger partial charge in [-0.25, -0.2) is 0 Å². The van der Waals surface area contributed by atoms with E-state index in [0.717, 1.165) is 0 Å². The molecule has 2 unspecified atom stereocenters. The van der Waals surface area contributed by atoms with Crippen LogP contribution in [0, 0.1) is 5.92 Å². The van der Waals surface area contributed by atoms with Crippen molar-refractivity contribution in [3.63, 3.8) is 0 Å². The van der Waals surface area contributed by atoms with Crippen LogP contribution >= 0.6 is 11.8 Å². The van der Waals surface area contributed by atoms with Crippen LogP contribution in [0.4, 0.5) is 0 Å². The molecule has 0 aromatic heterocycles. The molecule has 1 N–H and O–H groups in total. The van der Waals surface area contributed by atoms with Gasteiger partial charge in [0, 0.05) is 5.92 Å². The van der Waals surface area contributed by atoms with Crippen LogP contribution in [0.2, 0.25) is 0 Å². The smallest absolute Gasteiger partial charge is 0.153 e. The summed E-state index contributed by atoms with van der Waals surface area (Å²) in [5.74, 6) is 0.334. The third kappa shape index (κ3) is 4.66. The highest BCUT2D eigenvalue weighted by molar-refractivity contribution is 8.00. The molecule has 1 aromatic carbocycles. The number of Topliss-reactive ketones (excluding diaryl/α,β-unsaturated/α-hetero) is 1. The average molecular weight is 279 g/mol. The lowest BCUT2D eigenvalue weighted by molar-refractivity contribution is -0.123. The summed E-state index contributed by atoms with van der Waals surface area (Å²) in [5.41, 5.74) is 1.22. The van der Waals surface area contributed by atoms with E-state index in [9.17, 15) is 4.79 Å². The van der Waals surface area contributed by atoms with Crippen molar-refractivity contribution in [2.75, 3.05) is 7.05 Å². The van der Waals surface area contributed by atoms with E-state index in [2.05, 4.69) is 31.3 Å². The second kappa shape index (κ2) is 7.71. The molecule has 0 heterocycles. The summed E-state index contributed by atoms with van der Waals surface area (Å²) in [5, 5.41) is 3.87. The molecule has 0 saturated heterocycles. The number of carbonyl (C=O) groups is 1. The van der Waals surface area contributed by atoms with Crippen molar-refractivity contribution >= 4 is 17.5 Å². The Morgan fingerprint density at radius 2 is 1.68 bits per heavy atom. The molecule has 3 heteroatoms. The minimum Gasteiger partial charge on any atom is -0.309 e. The highest BCUT2D eigenvalue weighted by Crippen LogP contribution is 2.36. The molecule has 2 atom stereocenters. The van der Waals surface area contributed by atoms with Crippen LogP contribution in [0.15, 0.2) is 30.3 Å². The fraction of sp³-hybridized carbons (Fsp3) is 0.562. The maximum absolute atomic E-state index is 12.4. The first-order valence-corrected chi connectivity index (χ1v) is 7.83. The molecule has 1 aromatic rings. The molecule has 0 aliphatic heterocycles. The van der Waals surface area contributed by atoms with E-state index in [-0.39, 0.29) is 23.0 Å². The number of ketones is 1. The minimum absolute atomic E-state index is 0.0522. The SMILES string of the molecule is CNC(C(=O)C(C)C)C(SC(C)C)c1ccccc1. The highest BCUT2D eigenvalue weighted by Gasteiger charge is 2.30. The van der Waals surface area contributed by atoms with Crippen molar-refractivity contribution in [3.8, 4) is 0 Å². The van der Waals surface area contributed by atoms with Crippen LogP contribution in [0.3, 0.4) is 0 Å². The Hall–Kier alpha value is -0.800. The Kier molecular flexibility index (Phi) is 6.59. The van der Waals surface area contributed by atoms with Crippen LogP contribution in [-0.2, 0) is 4.79 Å². The average Bonchev–Trinajstić information content (AvgIpc) is 2.38. The number of hydrogen-bond donors (Lipinski definition) is 1. The largest absolute Gasteiger partial charge is 0.309 e. The molecule has 106 valence electrons. The monoisotopic (exact) mass is 279 g/mol. The lowest BCUT2D eigenvalue weighted by Gasteiger charge is -2.28. The first kappa shape index (κ1) is 16.3. The van der Waals surface area contributed by atoms with Gasteiger partial charge in [-0.1, -0.05) is 58.0 Å². The van der Waals surface area contributed by atoms with Crippen molar-refractivity contribution in [2.45, 2.75) is 44.2 Å². The summed E-state index contributed by atoms with van der Waals surface area (Å²) in [6.07, 6.45) is 0. The zero-order chi connectivity index (χ0) is 14.4. The summed E-state index contributed by atoms with van der Waals surface area (Å²) >= 11 is 1.85. The van der Waals surface area contributed by atoms with E-state index in [1.165, 1.54) is 5.56 Å². The standard InChI is InChI=1S/C16H25NOS/c1-11(2)15(18)14(17-5)16(19-12(3)4)13-9-7-6-8-10-13/h6-12,14,16-17H,1-5H3. The summed E-state index contributed by atoms with van der Waals surface area (Å²) in [6.45, 7) is 8.28. The Morgan fingerprint density at radius 3 is 2.11 bits per heavy atom. The fourth-order valence-electron chi connectivity index (χ4n) is 2.09. The van der Waals surface area contributed by atoms with Crippen LogP contribution < -0.4 is 5.32 Å². The molecule has 0 fully saturated rings. The van der Waals surface area contributed by atoms with E-state index in [0.29, 0.717) is 5.25 Å². The zero-order valence-electron chi connectivity index (χ0n) is 12.5. The van der Waals surface area contributed by atoms with Gasteiger partial charge >= 0.3 is 0 Å². The van der Waals surface area contributed by atoms with Gasteiger partial charge in [0.1, 0.15) is 0 Å². The fourth-order valence-corrected chi connectivity index (χ4v) is 3.42. The molecular weight excluding hydrogens is 254 g/mol. The number of likely N-dealkylation sites (N-methyl/N-ethyl adjacent to an activating group) is 1. The zero-order valence-corrected chi connectivity index (χ0v) is 13.3. The van der Waals surface area contributed by atoms with Crippen LogP contribution in [0.5, 0.6) is 0 Å². The molecule has 0 amide bonds. The molecular formula is C16H25NOS. The third-order valence-electron chi connectivity index (χ3n) is 3.04. The Bertz CT molecular complexity index is 389. The van der Waals surface area contributed by atoms with Gasteiger partial charge in [-0.15, -0.1) is 11.8 Å². The Labute approximate surface area is 121 Å². The van der Waals surface area contributed by atoms with Gasteiger partial charge < -0.3 is 5.32 Å². The summed E-state index contributed by atoms with van der Waals surface area (Å²) in [7, 11) is 1.88. The van der Waals surface area contributed by atoms with Gasteiger partial charge in [0.25, 0.3) is 0 Å². The van der Waals surface area contributed by atoms with E-state index in [1.54, 1.807) is 0 Å². The number of rotatable bonds is 7. The highest BCUT2D eigenvalue weighted by atomic mass is 32.2. The van der Waals surface area contributed by atoms with Crippen LogP contribution in [0.25, 0.3) is 0 Å². The maximum atomic E-state index is 12.4. The summed E-state index contributed by atoms with van der Waals surface area (Å²) in [4.78, 5) is 12.4. The lowest BCUT2D eigenvalue weighted by Crippen LogP contribution is -2.41. The number of hydrogen-bond acceptors (Lipinski definition) is 3.